The van der Waals surface area contributed by atoms with Crippen LogP contribution >= 0.6 is 0 Å². The van der Waals surface area contributed by atoms with E-state index in [1.54, 1.807) is 30.5 Å². The summed E-state index contributed by atoms with van der Waals surface area (Å²) >= 11 is 0. The summed E-state index contributed by atoms with van der Waals surface area (Å²) in [6, 6.07) is 10.4. The maximum absolute atomic E-state index is 12.4. The fraction of sp³-hybridized carbons (Fsp3) is 0.250. The van der Waals surface area contributed by atoms with Crippen LogP contribution in [0.4, 0.5) is 0 Å². The molecule has 0 aliphatic carbocycles. The number of hydrogen-bond donors (Lipinski definition) is 1. The molecule has 0 saturated heterocycles. The molecule has 2 heterocycles. The van der Waals surface area contributed by atoms with Gasteiger partial charge in [-0.25, -0.2) is 23.1 Å². The molecule has 23 heavy (non-hydrogen) atoms. The molecule has 0 radical (unpaired) electrons. The summed E-state index contributed by atoms with van der Waals surface area (Å²) in [5.41, 5.74) is 2.54. The highest BCUT2D eigenvalue weighted by molar-refractivity contribution is 7.89. The minimum atomic E-state index is -3.56. The minimum Gasteiger partial charge on any atom is -0.312 e. The van der Waals surface area contributed by atoms with E-state index in [1.165, 1.54) is 0 Å². The fourth-order valence-electron chi connectivity index (χ4n) is 2.43. The zero-order valence-corrected chi connectivity index (χ0v) is 13.8. The lowest BCUT2D eigenvalue weighted by atomic mass is 10.2. The lowest BCUT2D eigenvalue weighted by molar-refractivity contribution is 0.576. The van der Waals surface area contributed by atoms with Gasteiger partial charge in [0.15, 0.2) is 5.65 Å². The van der Waals surface area contributed by atoms with Gasteiger partial charge in [0.25, 0.3) is 0 Å². The molecule has 0 amide bonds. The second kappa shape index (κ2) is 6.10. The van der Waals surface area contributed by atoms with Crippen molar-refractivity contribution in [2.24, 2.45) is 0 Å². The first kappa shape index (κ1) is 15.6. The van der Waals surface area contributed by atoms with E-state index >= 15 is 0 Å². The molecule has 0 aliphatic rings. The third-order valence-electron chi connectivity index (χ3n) is 3.65. The van der Waals surface area contributed by atoms with Crippen LogP contribution in [0.5, 0.6) is 0 Å². The summed E-state index contributed by atoms with van der Waals surface area (Å²) in [4.78, 5) is 9.03. The highest BCUT2D eigenvalue weighted by Crippen LogP contribution is 2.15. The molecule has 0 aliphatic heterocycles. The zero-order chi connectivity index (χ0) is 16.4. The largest absolute Gasteiger partial charge is 0.312 e. The third-order valence-corrected chi connectivity index (χ3v) is 5.07. The SMILES string of the molecule is CCn1c(CNS(=O)(=O)c2ccc(C)cc2)nc2cccnc21. The lowest BCUT2D eigenvalue weighted by Crippen LogP contribution is -2.25. The van der Waals surface area contributed by atoms with Crippen molar-refractivity contribution >= 4 is 21.2 Å². The predicted molar refractivity (Wildman–Crippen MR) is 88.4 cm³/mol. The Morgan fingerprint density at radius 2 is 1.91 bits per heavy atom. The summed E-state index contributed by atoms with van der Waals surface area (Å²) in [5, 5.41) is 0. The highest BCUT2D eigenvalue weighted by atomic mass is 32.2. The molecular weight excluding hydrogens is 312 g/mol. The molecule has 1 N–H and O–H groups in total. The van der Waals surface area contributed by atoms with Crippen molar-refractivity contribution in [3.05, 3.63) is 54.0 Å². The molecule has 0 saturated carbocycles. The van der Waals surface area contributed by atoms with Gasteiger partial charge in [-0.05, 0) is 38.1 Å². The molecule has 3 aromatic rings. The molecule has 120 valence electrons. The molecule has 7 heteroatoms. The molecule has 1 aromatic carbocycles. The first-order valence-corrected chi connectivity index (χ1v) is 8.86. The number of sulfonamides is 1. The van der Waals surface area contributed by atoms with Gasteiger partial charge in [0.05, 0.1) is 11.4 Å². The topological polar surface area (TPSA) is 76.9 Å². The normalized spacial score (nSPS) is 11.9. The Morgan fingerprint density at radius 3 is 2.61 bits per heavy atom. The van der Waals surface area contributed by atoms with Gasteiger partial charge < -0.3 is 4.57 Å². The van der Waals surface area contributed by atoms with Crippen molar-refractivity contribution in [3.63, 3.8) is 0 Å². The van der Waals surface area contributed by atoms with E-state index in [4.69, 9.17) is 0 Å². The van der Waals surface area contributed by atoms with Crippen LogP contribution in [0.2, 0.25) is 0 Å². The smallest absolute Gasteiger partial charge is 0.240 e. The first-order chi connectivity index (χ1) is 11.0. The van der Waals surface area contributed by atoms with Crippen molar-refractivity contribution < 1.29 is 8.42 Å². The number of fused-ring (bicyclic) bond motifs is 1. The summed E-state index contributed by atoms with van der Waals surface area (Å²) in [6.45, 7) is 4.70. The maximum atomic E-state index is 12.4. The molecule has 6 nitrogen and oxygen atoms in total. The number of aryl methyl sites for hydroxylation is 2. The number of nitrogens with one attached hydrogen (secondary N) is 1. The number of nitrogens with zero attached hydrogens (tertiary/aromatic N) is 3. The van der Waals surface area contributed by atoms with E-state index in [1.807, 2.05) is 30.5 Å². The molecule has 0 fully saturated rings. The van der Waals surface area contributed by atoms with E-state index in [9.17, 15) is 8.42 Å². The lowest BCUT2D eigenvalue weighted by Gasteiger charge is -2.08. The summed E-state index contributed by atoms with van der Waals surface area (Å²) < 4.78 is 29.3. The van der Waals surface area contributed by atoms with Gasteiger partial charge >= 0.3 is 0 Å². The van der Waals surface area contributed by atoms with Gasteiger partial charge in [0.1, 0.15) is 11.3 Å². The van der Waals surface area contributed by atoms with Crippen LogP contribution in [0.25, 0.3) is 11.2 Å². The Balaban J connectivity index is 1.87. The summed E-state index contributed by atoms with van der Waals surface area (Å²) in [6.07, 6.45) is 1.70. The molecule has 0 atom stereocenters. The van der Waals surface area contributed by atoms with Gasteiger partial charge in [0.2, 0.25) is 10.0 Å². The van der Waals surface area contributed by atoms with Crippen LogP contribution in [0.1, 0.15) is 18.3 Å². The molecular formula is C16H18N4O2S. The second-order valence-corrected chi connectivity index (χ2v) is 7.02. The number of rotatable bonds is 5. The van der Waals surface area contributed by atoms with Crippen molar-refractivity contribution in [2.75, 3.05) is 0 Å². The van der Waals surface area contributed by atoms with Crippen LogP contribution in [-0.4, -0.2) is 23.0 Å². The standard InChI is InChI=1S/C16H18N4O2S/c1-3-20-15(19-14-5-4-10-17-16(14)20)11-18-23(21,22)13-8-6-12(2)7-9-13/h4-10,18H,3,11H2,1-2H3. The number of imidazole rings is 1. The average Bonchev–Trinajstić information content (AvgIpc) is 2.91. The van der Waals surface area contributed by atoms with Gasteiger partial charge in [-0.3, -0.25) is 0 Å². The number of aromatic nitrogens is 3. The Morgan fingerprint density at radius 1 is 1.17 bits per heavy atom. The van der Waals surface area contributed by atoms with Gasteiger partial charge in [-0.1, -0.05) is 17.7 Å². The van der Waals surface area contributed by atoms with Crippen molar-refractivity contribution in [2.45, 2.75) is 31.8 Å². The maximum Gasteiger partial charge on any atom is 0.240 e. The van der Waals surface area contributed by atoms with E-state index < -0.39 is 10.0 Å². The molecule has 0 bridgehead atoms. The zero-order valence-electron chi connectivity index (χ0n) is 13.0. The van der Waals surface area contributed by atoms with Crippen molar-refractivity contribution in [1.29, 1.82) is 0 Å². The van der Waals surface area contributed by atoms with Crippen LogP contribution in [0, 0.1) is 6.92 Å². The van der Waals surface area contributed by atoms with E-state index in [-0.39, 0.29) is 11.4 Å². The van der Waals surface area contributed by atoms with E-state index in [0.717, 1.165) is 16.7 Å². The third kappa shape index (κ3) is 3.11. The number of pyridine rings is 1. The quantitative estimate of drug-likeness (QED) is 0.778. The van der Waals surface area contributed by atoms with Crippen LogP contribution in [0.15, 0.2) is 47.5 Å². The monoisotopic (exact) mass is 330 g/mol. The molecule has 3 rings (SSSR count). The molecule has 0 spiro atoms. The van der Waals surface area contributed by atoms with Gasteiger partial charge in [-0.2, -0.15) is 0 Å². The second-order valence-electron chi connectivity index (χ2n) is 5.26. The molecule has 0 unspecified atom stereocenters. The highest BCUT2D eigenvalue weighted by Gasteiger charge is 2.16. The van der Waals surface area contributed by atoms with E-state index in [0.29, 0.717) is 12.4 Å². The minimum absolute atomic E-state index is 0.125. The Kier molecular flexibility index (Phi) is 4.14. The summed E-state index contributed by atoms with van der Waals surface area (Å²) in [7, 11) is -3.56. The average molecular weight is 330 g/mol. The van der Waals surface area contributed by atoms with Crippen LogP contribution in [0.3, 0.4) is 0 Å². The van der Waals surface area contributed by atoms with E-state index in [2.05, 4.69) is 14.7 Å². The number of hydrogen-bond acceptors (Lipinski definition) is 4. The Bertz CT molecular complexity index is 930. The Hall–Kier alpha value is -2.25. The molecule has 2 aromatic heterocycles. The van der Waals surface area contributed by atoms with Crippen LogP contribution in [-0.2, 0) is 23.1 Å². The Labute approximate surface area is 135 Å². The van der Waals surface area contributed by atoms with Crippen molar-refractivity contribution in [1.82, 2.24) is 19.3 Å². The fourth-order valence-corrected chi connectivity index (χ4v) is 3.41. The van der Waals surface area contributed by atoms with Crippen LogP contribution < -0.4 is 4.72 Å². The van der Waals surface area contributed by atoms with Gasteiger partial charge in [-0.15, -0.1) is 0 Å². The predicted octanol–water partition coefficient (Wildman–Crippen LogP) is 2.24. The number of benzene rings is 1. The van der Waals surface area contributed by atoms with Crippen molar-refractivity contribution in [3.8, 4) is 0 Å². The summed E-state index contributed by atoms with van der Waals surface area (Å²) in [5.74, 6) is 0.650. The van der Waals surface area contributed by atoms with Gasteiger partial charge in [0, 0.05) is 12.7 Å². The first-order valence-electron chi connectivity index (χ1n) is 7.37.